The summed E-state index contributed by atoms with van der Waals surface area (Å²) < 4.78 is 109. The van der Waals surface area contributed by atoms with Gasteiger partial charge in [-0.25, -0.2) is 31.3 Å². The van der Waals surface area contributed by atoms with E-state index in [1.165, 1.54) is 33.9 Å². The molecule has 2 aromatic heterocycles. The fourth-order valence-electron chi connectivity index (χ4n) is 8.81. The second kappa shape index (κ2) is 19.4. The molecule has 374 valence electrons. The molecule has 5 aromatic rings. The van der Waals surface area contributed by atoms with E-state index in [0.29, 0.717) is 40.9 Å². The van der Waals surface area contributed by atoms with Gasteiger partial charge < -0.3 is 29.6 Å². The van der Waals surface area contributed by atoms with Gasteiger partial charge in [-0.2, -0.15) is 13.2 Å². The monoisotopic (exact) mass is 1030 g/mol. The number of carbonyl (C=O) groups excluding carboxylic acids is 2. The topological polar surface area (TPSA) is 183 Å². The van der Waals surface area contributed by atoms with E-state index in [1.807, 2.05) is 16.9 Å². The summed E-state index contributed by atoms with van der Waals surface area (Å²) in [6.07, 6.45) is 5.59. The minimum Gasteiger partial charge on any atom is -0.455 e. The number of sulfonamides is 1. The zero-order valence-electron chi connectivity index (χ0n) is 39.3. The molecule has 3 aromatic carbocycles. The van der Waals surface area contributed by atoms with Crippen LogP contribution in [0.25, 0.3) is 16.6 Å². The summed E-state index contributed by atoms with van der Waals surface area (Å²) in [6, 6.07) is 18.3. The highest BCUT2D eigenvalue weighted by Gasteiger charge is 2.48. The zero-order chi connectivity index (χ0) is 50.4. The maximum absolute atomic E-state index is 14.1. The van der Waals surface area contributed by atoms with Gasteiger partial charge in [0.2, 0.25) is 0 Å². The molecule has 3 aliphatic rings. The molecule has 0 saturated carbocycles. The second-order valence-corrected chi connectivity index (χ2v) is 23.8. The van der Waals surface area contributed by atoms with Crippen LogP contribution >= 0.6 is 11.6 Å². The molecule has 70 heavy (non-hydrogen) atoms. The fraction of sp³-hybridized carbons (Fsp3) is 0.408. The molecule has 15 nitrogen and oxygen atoms in total. The number of rotatable bonds is 13. The van der Waals surface area contributed by atoms with Crippen LogP contribution in [0.15, 0.2) is 101 Å². The Morgan fingerprint density at radius 3 is 2.33 bits per heavy atom. The first kappa shape index (κ1) is 50.6. The summed E-state index contributed by atoms with van der Waals surface area (Å²) in [5.74, 6) is -1.27. The van der Waals surface area contributed by atoms with Gasteiger partial charge in [0.25, 0.3) is 25.8 Å². The van der Waals surface area contributed by atoms with E-state index in [4.69, 9.17) is 21.1 Å². The zero-order valence-corrected chi connectivity index (χ0v) is 41.7. The lowest BCUT2D eigenvalue weighted by Gasteiger charge is -2.40. The molecule has 8 rings (SSSR count). The van der Waals surface area contributed by atoms with E-state index in [2.05, 4.69) is 51.1 Å². The number of alkyl halides is 3. The lowest BCUT2D eigenvalue weighted by Crippen LogP contribution is -2.53. The highest BCUT2D eigenvalue weighted by Crippen LogP contribution is 2.44. The number of pyridine rings is 1. The number of fused-ring (bicyclic) bond motifs is 1. The van der Waals surface area contributed by atoms with Crippen molar-refractivity contribution < 1.29 is 49.1 Å². The van der Waals surface area contributed by atoms with E-state index in [-0.39, 0.29) is 48.0 Å². The summed E-state index contributed by atoms with van der Waals surface area (Å²) >= 11 is 6.23. The van der Waals surface area contributed by atoms with Crippen LogP contribution in [0.3, 0.4) is 0 Å². The SMILES string of the molecule is CC1(C)CCC(CN2CCN(c3ccc(C(=O)NS(=O)(=O)c4ccc(NCC5CN(C(=O)OC(C)(C)C)C5)c(S(=O)(=O)C(F)(F)F)c4)c(Oc4cnc5[nH]ccc5c4)c3)CC2)=C(c2ccc(Cl)cc2)C1. The van der Waals surface area contributed by atoms with Crippen molar-refractivity contribution in [2.75, 3.05) is 62.6 Å². The Kier molecular flexibility index (Phi) is 14.0. The van der Waals surface area contributed by atoms with Crippen LogP contribution in [-0.2, 0) is 24.6 Å². The number of sulfone groups is 1. The number of hydrogen-bond acceptors (Lipinski definition) is 12. The normalized spacial score (nSPS) is 17.3. The molecule has 2 amide bonds. The third kappa shape index (κ3) is 11.5. The number of carbonyl (C=O) groups is 2. The molecule has 0 atom stereocenters. The van der Waals surface area contributed by atoms with Gasteiger partial charge in [-0.1, -0.05) is 43.2 Å². The average Bonchev–Trinajstić information content (AvgIpc) is 3.74. The first-order valence-corrected chi connectivity index (χ1v) is 26.1. The van der Waals surface area contributed by atoms with Crippen LogP contribution in [0.4, 0.5) is 29.3 Å². The van der Waals surface area contributed by atoms with E-state index in [9.17, 15) is 39.6 Å². The molecular formula is C49H55ClF3N7O8S2. The molecular weight excluding hydrogens is 971 g/mol. The van der Waals surface area contributed by atoms with Gasteiger partial charge in [-0.15, -0.1) is 0 Å². The van der Waals surface area contributed by atoms with Gasteiger partial charge in [0.1, 0.15) is 27.6 Å². The van der Waals surface area contributed by atoms with Crippen LogP contribution in [0, 0.1) is 11.3 Å². The number of aromatic amines is 1. The first-order chi connectivity index (χ1) is 32.8. The highest BCUT2D eigenvalue weighted by atomic mass is 35.5. The van der Waals surface area contributed by atoms with Crippen LogP contribution < -0.4 is 19.7 Å². The van der Waals surface area contributed by atoms with Crippen LogP contribution in [0.2, 0.25) is 5.02 Å². The van der Waals surface area contributed by atoms with Crippen LogP contribution in [0.1, 0.15) is 69.8 Å². The third-order valence-corrected chi connectivity index (χ3v) is 15.7. The Bertz CT molecular complexity index is 3050. The molecule has 2 fully saturated rings. The van der Waals surface area contributed by atoms with Gasteiger partial charge in [0, 0.05) is 86.6 Å². The van der Waals surface area contributed by atoms with Gasteiger partial charge in [-0.3, -0.25) is 9.69 Å². The first-order valence-electron chi connectivity index (χ1n) is 22.8. The second-order valence-electron chi connectivity index (χ2n) is 19.7. The van der Waals surface area contributed by atoms with E-state index < -0.39 is 58.4 Å². The molecule has 21 heteroatoms. The molecule has 1 aliphatic carbocycles. The highest BCUT2D eigenvalue weighted by molar-refractivity contribution is 7.92. The van der Waals surface area contributed by atoms with Crippen molar-refractivity contribution in [2.24, 2.45) is 11.3 Å². The standard InChI is InChI=1S/C49H55ClF3N7O8S2/c1-47(2,3)68-46(62)60-28-31(29-60)26-55-41-13-11-38(24-43(41)69(63,64)49(51,52)53)70(65,66)57-45(61)39-12-10-36(23-42(39)67-37-22-33-15-17-54-44(33)56-27-37)59-20-18-58(19-21-59)30-34-14-16-48(4,5)25-40(34)32-6-8-35(50)9-7-32/h6-13,15,17,22-24,27,31,55H,14,16,18-21,25-26,28-30H2,1-5H3,(H,54,56)(H,57,61). The number of likely N-dealkylation sites (tertiary alicyclic amines) is 1. The quantitative estimate of drug-likeness (QED) is 0.102. The number of anilines is 2. The fourth-order valence-corrected chi connectivity index (χ4v) is 11.0. The molecule has 3 N–H and O–H groups in total. The lowest BCUT2D eigenvalue weighted by molar-refractivity contribution is -0.0436. The van der Waals surface area contributed by atoms with Gasteiger partial charge >= 0.3 is 11.6 Å². The molecule has 2 aliphatic heterocycles. The number of benzene rings is 3. The number of hydrogen-bond donors (Lipinski definition) is 3. The number of nitrogens with one attached hydrogen (secondary N) is 3. The minimum absolute atomic E-state index is 0.0342. The number of halogens is 4. The van der Waals surface area contributed by atoms with Crippen molar-refractivity contribution in [3.05, 3.63) is 107 Å². The average molecular weight is 1030 g/mol. The number of H-pyrrole nitrogens is 1. The van der Waals surface area contributed by atoms with Crippen molar-refractivity contribution in [2.45, 2.75) is 74.8 Å². The van der Waals surface area contributed by atoms with Crippen molar-refractivity contribution in [1.29, 1.82) is 0 Å². The number of allylic oxidation sites excluding steroid dienone is 1. The molecule has 0 radical (unpaired) electrons. The van der Waals surface area contributed by atoms with E-state index in [0.717, 1.165) is 51.0 Å². The molecule has 4 heterocycles. The van der Waals surface area contributed by atoms with Crippen LogP contribution in [0.5, 0.6) is 11.5 Å². The maximum atomic E-state index is 14.1. The smallest absolute Gasteiger partial charge is 0.455 e. The molecule has 0 spiro atoms. The Labute approximate surface area is 410 Å². The van der Waals surface area contributed by atoms with Gasteiger partial charge in [-0.05, 0) is 111 Å². The maximum Gasteiger partial charge on any atom is 0.501 e. The van der Waals surface area contributed by atoms with Gasteiger partial charge in [0.05, 0.1) is 22.3 Å². The van der Waals surface area contributed by atoms with Crippen LogP contribution in [-0.4, -0.2) is 112 Å². The third-order valence-electron chi connectivity index (χ3n) is 12.6. The Morgan fingerprint density at radius 1 is 0.929 bits per heavy atom. The minimum atomic E-state index is -6.12. The predicted molar refractivity (Wildman–Crippen MR) is 261 cm³/mol. The number of ether oxygens (including phenoxy) is 2. The summed E-state index contributed by atoms with van der Waals surface area (Å²) in [5.41, 5.74) is -1.90. The summed E-state index contributed by atoms with van der Waals surface area (Å²) in [4.78, 5) is 37.4. The number of nitrogens with zero attached hydrogens (tertiary/aromatic N) is 4. The number of piperazine rings is 1. The molecule has 0 unspecified atom stereocenters. The Balaban J connectivity index is 1.01. The summed E-state index contributed by atoms with van der Waals surface area (Å²) in [5, 5.41) is 4.07. The van der Waals surface area contributed by atoms with Crippen molar-refractivity contribution in [1.82, 2.24) is 24.5 Å². The lowest BCUT2D eigenvalue weighted by atomic mass is 9.72. The molecule has 0 bridgehead atoms. The predicted octanol–water partition coefficient (Wildman–Crippen LogP) is 9.49. The van der Waals surface area contributed by atoms with Crippen molar-refractivity contribution in [3.8, 4) is 11.5 Å². The van der Waals surface area contributed by atoms with Gasteiger partial charge in [0.15, 0.2) is 0 Å². The largest absolute Gasteiger partial charge is 0.501 e. The van der Waals surface area contributed by atoms with Crippen molar-refractivity contribution in [3.63, 3.8) is 0 Å². The summed E-state index contributed by atoms with van der Waals surface area (Å²) in [7, 11) is -11.1. The van der Waals surface area contributed by atoms with E-state index in [1.54, 1.807) is 51.2 Å². The Hall–Kier alpha value is -5.83. The number of amides is 2. The molecule has 2 saturated heterocycles. The van der Waals surface area contributed by atoms with E-state index >= 15 is 0 Å². The summed E-state index contributed by atoms with van der Waals surface area (Å²) in [6.45, 7) is 13.6. The van der Waals surface area contributed by atoms with Crippen molar-refractivity contribution >= 4 is 71.4 Å². The number of aromatic nitrogens is 2. The Morgan fingerprint density at radius 2 is 1.64 bits per heavy atom.